The van der Waals surface area contributed by atoms with E-state index in [2.05, 4.69) is 16.0 Å². The van der Waals surface area contributed by atoms with Gasteiger partial charge in [0.15, 0.2) is 11.4 Å². The number of hydrogen-bond acceptors (Lipinski definition) is 7. The molecule has 0 spiro atoms. The average molecular weight is 447 g/mol. The van der Waals surface area contributed by atoms with Crippen LogP contribution in [0, 0.1) is 10.4 Å². The molecule has 0 saturated heterocycles. The lowest BCUT2D eigenvalue weighted by Gasteiger charge is -2.12. The summed E-state index contributed by atoms with van der Waals surface area (Å²) in [4.78, 5) is 24.0. The fraction of sp³-hybridized carbons (Fsp3) is 0.333. The minimum atomic E-state index is -1.03. The maximum absolute atomic E-state index is 12.0. The van der Waals surface area contributed by atoms with Crippen LogP contribution in [0.3, 0.4) is 0 Å². The van der Waals surface area contributed by atoms with Gasteiger partial charge in [-0.15, -0.1) is 0 Å². The van der Waals surface area contributed by atoms with Gasteiger partial charge in [-0.05, 0) is 56.6 Å². The van der Waals surface area contributed by atoms with Crippen molar-refractivity contribution in [2.24, 2.45) is 0 Å². The molecule has 11 nitrogen and oxygen atoms in total. The van der Waals surface area contributed by atoms with Gasteiger partial charge >= 0.3 is 0 Å². The van der Waals surface area contributed by atoms with E-state index >= 15 is 0 Å². The van der Waals surface area contributed by atoms with Gasteiger partial charge in [-0.25, -0.2) is 10.4 Å². The molecule has 0 radical (unpaired) electrons. The van der Waals surface area contributed by atoms with E-state index in [0.717, 1.165) is 32.4 Å². The normalized spacial score (nSPS) is 12.8. The van der Waals surface area contributed by atoms with Crippen LogP contribution in [0.4, 0.5) is 11.4 Å². The van der Waals surface area contributed by atoms with E-state index in [-0.39, 0.29) is 23.2 Å². The van der Waals surface area contributed by atoms with E-state index < -0.39 is 10.5 Å². The number of hydrogen-bond donors (Lipinski definition) is 7. The summed E-state index contributed by atoms with van der Waals surface area (Å²) < 4.78 is 0. The van der Waals surface area contributed by atoms with Crippen molar-refractivity contribution in [3.8, 4) is 0 Å². The molecule has 2 unspecified atom stereocenters. The van der Waals surface area contributed by atoms with Gasteiger partial charge in [0.25, 0.3) is 11.8 Å². The van der Waals surface area contributed by atoms with Crippen molar-refractivity contribution >= 4 is 23.2 Å². The Balaban J connectivity index is 1.48. The van der Waals surface area contributed by atoms with Gasteiger partial charge in [0.2, 0.25) is 0 Å². The minimum Gasteiger partial charge on any atom is -0.595 e. The summed E-state index contributed by atoms with van der Waals surface area (Å²) in [7, 11) is 0. The highest BCUT2D eigenvalue weighted by Gasteiger charge is 2.07. The van der Waals surface area contributed by atoms with Gasteiger partial charge in [0, 0.05) is 48.5 Å². The third-order valence-corrected chi connectivity index (χ3v) is 4.67. The van der Waals surface area contributed by atoms with Gasteiger partial charge in [-0.2, -0.15) is 10.5 Å². The van der Waals surface area contributed by atoms with E-state index in [1.54, 1.807) is 0 Å². The number of quaternary nitrogens is 2. The Labute approximate surface area is 185 Å². The van der Waals surface area contributed by atoms with Gasteiger partial charge in [-0.1, -0.05) is 0 Å². The fourth-order valence-corrected chi connectivity index (χ4v) is 2.85. The van der Waals surface area contributed by atoms with Gasteiger partial charge < -0.3 is 26.4 Å². The van der Waals surface area contributed by atoms with Crippen LogP contribution in [0.5, 0.6) is 0 Å². The molecular formula is C21H29N5O6. The maximum Gasteiger partial charge on any atom is 0.251 e. The first-order valence-corrected chi connectivity index (χ1v) is 10.3. The highest BCUT2D eigenvalue weighted by Crippen LogP contribution is 2.06. The zero-order chi connectivity index (χ0) is 23.3. The zero-order valence-corrected chi connectivity index (χ0v) is 17.6. The van der Waals surface area contributed by atoms with Crippen LogP contribution in [-0.4, -0.2) is 48.4 Å². The monoisotopic (exact) mass is 447 g/mol. The maximum atomic E-state index is 12.0. The van der Waals surface area contributed by atoms with E-state index in [1.165, 1.54) is 48.5 Å². The molecular weight excluding hydrogens is 418 g/mol. The summed E-state index contributed by atoms with van der Waals surface area (Å²) >= 11 is 0. The molecule has 2 amide bonds. The van der Waals surface area contributed by atoms with Crippen molar-refractivity contribution in [2.45, 2.75) is 19.3 Å². The Morgan fingerprint density at radius 2 is 1.03 bits per heavy atom. The predicted molar refractivity (Wildman–Crippen MR) is 116 cm³/mol. The zero-order valence-electron chi connectivity index (χ0n) is 17.6. The first kappa shape index (κ1) is 25.4. The summed E-state index contributed by atoms with van der Waals surface area (Å²) in [6.45, 7) is 2.55. The van der Waals surface area contributed by atoms with Crippen molar-refractivity contribution in [3.05, 3.63) is 70.1 Å². The van der Waals surface area contributed by atoms with Crippen LogP contribution in [0.25, 0.3) is 0 Å². The third-order valence-electron chi connectivity index (χ3n) is 4.67. The third kappa shape index (κ3) is 8.69. The molecule has 0 heterocycles. The molecule has 0 aliphatic rings. The molecule has 0 fully saturated rings. The van der Waals surface area contributed by atoms with Crippen molar-refractivity contribution in [2.75, 3.05) is 26.2 Å². The Kier molecular flexibility index (Phi) is 10.7. The van der Waals surface area contributed by atoms with Crippen molar-refractivity contribution < 1.29 is 30.5 Å². The number of rotatable bonds is 13. The minimum absolute atomic E-state index is 0.139. The SMILES string of the molecule is O=C(NCCCCNCCCNC(=O)c1ccc([NH+]([O-])O)cc1)c1ccc([NH+]([O-])O)cc1. The summed E-state index contributed by atoms with van der Waals surface area (Å²) in [5, 5.41) is 46.2. The molecule has 0 aliphatic carbocycles. The predicted octanol–water partition coefficient (Wildman–Crippen LogP) is -0.587. The highest BCUT2D eigenvalue weighted by molar-refractivity contribution is 5.94. The van der Waals surface area contributed by atoms with Crippen LogP contribution >= 0.6 is 0 Å². The largest absolute Gasteiger partial charge is 0.595 e. The summed E-state index contributed by atoms with van der Waals surface area (Å²) in [5.74, 6) is -0.474. The molecule has 0 saturated carbocycles. The van der Waals surface area contributed by atoms with Crippen LogP contribution in [0.1, 0.15) is 40.0 Å². The molecule has 32 heavy (non-hydrogen) atoms. The molecule has 0 aromatic heterocycles. The molecule has 0 bridgehead atoms. The van der Waals surface area contributed by atoms with E-state index in [1.807, 2.05) is 0 Å². The first-order chi connectivity index (χ1) is 15.4. The smallest absolute Gasteiger partial charge is 0.251 e. The lowest BCUT2D eigenvalue weighted by Crippen LogP contribution is -2.99. The van der Waals surface area contributed by atoms with E-state index in [0.29, 0.717) is 24.2 Å². The number of nitrogens with one attached hydrogen (secondary N) is 5. The number of carbonyl (C=O) groups is 2. The first-order valence-electron chi connectivity index (χ1n) is 10.3. The van der Waals surface area contributed by atoms with E-state index in [4.69, 9.17) is 10.4 Å². The Morgan fingerprint density at radius 1 is 0.656 bits per heavy atom. The van der Waals surface area contributed by atoms with E-state index in [9.17, 15) is 20.0 Å². The number of unbranched alkanes of at least 4 members (excludes halogenated alkanes) is 1. The van der Waals surface area contributed by atoms with Crippen LogP contribution in [0.15, 0.2) is 48.5 Å². The molecule has 2 aromatic carbocycles. The van der Waals surface area contributed by atoms with Crippen LogP contribution < -0.4 is 26.4 Å². The second-order valence-electron chi connectivity index (χ2n) is 7.09. The molecule has 0 aliphatic heterocycles. The summed E-state index contributed by atoms with van der Waals surface area (Å²) in [6.07, 6.45) is 2.43. The number of benzene rings is 2. The average Bonchev–Trinajstić information content (AvgIpc) is 2.80. The lowest BCUT2D eigenvalue weighted by molar-refractivity contribution is -0.991. The Morgan fingerprint density at radius 3 is 1.47 bits per heavy atom. The summed E-state index contributed by atoms with van der Waals surface area (Å²) in [5.41, 5.74) is 1.12. The quantitative estimate of drug-likeness (QED) is 0.159. The topological polar surface area (TPSA) is 166 Å². The van der Waals surface area contributed by atoms with Crippen molar-refractivity contribution in [1.29, 1.82) is 0 Å². The molecule has 2 atom stereocenters. The molecule has 2 aromatic rings. The second-order valence-corrected chi connectivity index (χ2v) is 7.09. The Bertz CT molecular complexity index is 771. The Hall–Kier alpha value is -2.90. The van der Waals surface area contributed by atoms with Gasteiger partial charge in [0.1, 0.15) is 0 Å². The van der Waals surface area contributed by atoms with Gasteiger partial charge in [-0.3, -0.25) is 9.59 Å². The van der Waals surface area contributed by atoms with Crippen molar-refractivity contribution in [1.82, 2.24) is 16.0 Å². The molecule has 2 rings (SSSR count). The lowest BCUT2D eigenvalue weighted by atomic mass is 10.2. The highest BCUT2D eigenvalue weighted by atomic mass is 16.8. The number of amides is 2. The van der Waals surface area contributed by atoms with Crippen LogP contribution in [-0.2, 0) is 0 Å². The number of carbonyl (C=O) groups excluding carboxylic acids is 2. The second kappa shape index (κ2) is 13.5. The molecule has 11 heteroatoms. The molecule has 7 N–H and O–H groups in total. The van der Waals surface area contributed by atoms with Crippen LogP contribution in [0.2, 0.25) is 0 Å². The van der Waals surface area contributed by atoms with Gasteiger partial charge in [0.05, 0.1) is 0 Å². The standard InChI is InChI=1S/C21H29N5O6/c27-20(16-4-8-18(9-5-16)25(29)30)23-14-2-1-12-22-13-3-15-24-21(28)17-6-10-19(11-7-17)26(31)32/h4-11,22,25-26,29,31H,1-3,12-15H2,(H,23,27)(H,24,28). The summed E-state index contributed by atoms with van der Waals surface area (Å²) in [6, 6.07) is 11.6. The molecule has 174 valence electrons. The fourth-order valence-electron chi connectivity index (χ4n) is 2.85. The van der Waals surface area contributed by atoms with Crippen molar-refractivity contribution in [3.63, 3.8) is 0 Å².